The third kappa shape index (κ3) is 2.71. The molecule has 0 aliphatic rings. The third-order valence-corrected chi connectivity index (χ3v) is 2.13. The van der Waals surface area contributed by atoms with Gasteiger partial charge in [-0.1, -0.05) is 17.7 Å². The number of hydrazine groups is 1. The molecule has 0 radical (unpaired) electrons. The van der Waals surface area contributed by atoms with E-state index in [0.29, 0.717) is 10.6 Å². The van der Waals surface area contributed by atoms with Gasteiger partial charge in [-0.05, 0) is 18.2 Å². The Hall–Kier alpha value is -1.59. The molecular formula is C10H13ClN4O. The SMILES string of the molecule is CN(C)N(C(=N)N)C(=O)c1cccc(Cl)c1. The molecule has 3 N–H and O–H groups in total. The fourth-order valence-electron chi connectivity index (χ4n) is 1.25. The first-order valence-electron chi connectivity index (χ1n) is 4.54. The van der Waals surface area contributed by atoms with Crippen molar-refractivity contribution in [3.63, 3.8) is 0 Å². The Balaban J connectivity index is 3.04. The zero-order valence-corrected chi connectivity index (χ0v) is 9.82. The van der Waals surface area contributed by atoms with E-state index in [4.69, 9.17) is 22.7 Å². The quantitative estimate of drug-likeness (QED) is 0.463. The fraction of sp³-hybridized carbons (Fsp3) is 0.200. The van der Waals surface area contributed by atoms with E-state index in [1.54, 1.807) is 32.3 Å². The number of carbonyl (C=O) groups is 1. The minimum atomic E-state index is -0.389. The normalized spacial score (nSPS) is 10.2. The molecule has 0 atom stereocenters. The summed E-state index contributed by atoms with van der Waals surface area (Å²) >= 11 is 5.78. The average Bonchev–Trinajstić information content (AvgIpc) is 2.16. The number of hydrogen-bond acceptors (Lipinski definition) is 3. The first-order valence-corrected chi connectivity index (χ1v) is 4.92. The molecule has 1 amide bonds. The standard InChI is InChI=1S/C10H13ClN4O/c1-14(2)15(10(12)13)9(16)7-4-3-5-8(11)6-7/h3-6H,1-2H3,(H3,12,13). The first kappa shape index (κ1) is 12.5. The maximum Gasteiger partial charge on any atom is 0.275 e. The molecule has 0 spiro atoms. The molecule has 5 nitrogen and oxygen atoms in total. The van der Waals surface area contributed by atoms with Gasteiger partial charge in [0, 0.05) is 24.7 Å². The number of rotatable bonds is 2. The van der Waals surface area contributed by atoms with E-state index in [1.165, 1.54) is 11.1 Å². The van der Waals surface area contributed by atoms with Gasteiger partial charge < -0.3 is 5.73 Å². The predicted octanol–water partition coefficient (Wildman–Crippen LogP) is 1.15. The van der Waals surface area contributed by atoms with Crippen LogP contribution < -0.4 is 5.73 Å². The van der Waals surface area contributed by atoms with Gasteiger partial charge in [0.15, 0.2) is 0 Å². The fourth-order valence-corrected chi connectivity index (χ4v) is 1.44. The van der Waals surface area contributed by atoms with Gasteiger partial charge in [0.05, 0.1) is 0 Å². The molecule has 1 rings (SSSR count). The van der Waals surface area contributed by atoms with Crippen molar-refractivity contribution >= 4 is 23.5 Å². The summed E-state index contributed by atoms with van der Waals surface area (Å²) in [6.45, 7) is 0. The predicted molar refractivity (Wildman–Crippen MR) is 63.2 cm³/mol. The van der Waals surface area contributed by atoms with Crippen molar-refractivity contribution < 1.29 is 4.79 Å². The van der Waals surface area contributed by atoms with Crippen molar-refractivity contribution in [2.45, 2.75) is 0 Å². The van der Waals surface area contributed by atoms with Gasteiger partial charge in [-0.2, -0.15) is 0 Å². The van der Waals surface area contributed by atoms with Crippen LogP contribution in [0.15, 0.2) is 24.3 Å². The summed E-state index contributed by atoms with van der Waals surface area (Å²) in [4.78, 5) is 12.0. The zero-order valence-electron chi connectivity index (χ0n) is 9.07. The largest absolute Gasteiger partial charge is 0.369 e. The van der Waals surface area contributed by atoms with Crippen LogP contribution >= 0.6 is 11.6 Å². The van der Waals surface area contributed by atoms with Crippen LogP contribution in [0.1, 0.15) is 10.4 Å². The molecule has 16 heavy (non-hydrogen) atoms. The van der Waals surface area contributed by atoms with Crippen molar-refractivity contribution in [1.82, 2.24) is 10.0 Å². The Morgan fingerprint density at radius 3 is 2.50 bits per heavy atom. The van der Waals surface area contributed by atoms with Gasteiger partial charge in [0.1, 0.15) is 0 Å². The van der Waals surface area contributed by atoms with E-state index >= 15 is 0 Å². The number of hydrogen-bond donors (Lipinski definition) is 2. The van der Waals surface area contributed by atoms with Crippen molar-refractivity contribution in [2.75, 3.05) is 14.1 Å². The minimum Gasteiger partial charge on any atom is -0.369 e. The van der Waals surface area contributed by atoms with Crippen molar-refractivity contribution in [3.8, 4) is 0 Å². The van der Waals surface area contributed by atoms with E-state index in [-0.39, 0.29) is 11.9 Å². The van der Waals surface area contributed by atoms with Gasteiger partial charge in [-0.15, -0.1) is 0 Å². The van der Waals surface area contributed by atoms with Crippen LogP contribution in [-0.4, -0.2) is 36.0 Å². The van der Waals surface area contributed by atoms with Crippen LogP contribution in [0.4, 0.5) is 0 Å². The smallest absolute Gasteiger partial charge is 0.275 e. The first-order chi connectivity index (χ1) is 7.43. The topological polar surface area (TPSA) is 73.4 Å². The molecule has 0 saturated carbocycles. The molecular weight excluding hydrogens is 228 g/mol. The Morgan fingerprint density at radius 2 is 2.06 bits per heavy atom. The van der Waals surface area contributed by atoms with Crippen LogP contribution in [-0.2, 0) is 0 Å². The molecule has 0 aliphatic carbocycles. The van der Waals surface area contributed by atoms with Gasteiger partial charge >= 0.3 is 0 Å². The van der Waals surface area contributed by atoms with Gasteiger partial charge in [-0.25, -0.2) is 10.0 Å². The molecule has 0 aromatic heterocycles. The maximum absolute atomic E-state index is 12.0. The monoisotopic (exact) mass is 240 g/mol. The second-order valence-electron chi connectivity index (χ2n) is 3.36. The number of benzene rings is 1. The van der Waals surface area contributed by atoms with Crippen LogP contribution in [0.5, 0.6) is 0 Å². The number of guanidine groups is 1. The Labute approximate surface area is 98.9 Å². The van der Waals surface area contributed by atoms with E-state index in [9.17, 15) is 4.79 Å². The molecule has 0 saturated heterocycles. The lowest BCUT2D eigenvalue weighted by molar-refractivity contribution is 0.0524. The summed E-state index contributed by atoms with van der Waals surface area (Å²) in [5.41, 5.74) is 5.71. The summed E-state index contributed by atoms with van der Waals surface area (Å²) < 4.78 is 0. The van der Waals surface area contributed by atoms with Crippen molar-refractivity contribution in [2.24, 2.45) is 5.73 Å². The highest BCUT2D eigenvalue weighted by Crippen LogP contribution is 2.13. The molecule has 1 aromatic rings. The average molecular weight is 241 g/mol. The van der Waals surface area contributed by atoms with Crippen molar-refractivity contribution in [1.29, 1.82) is 5.41 Å². The van der Waals surface area contributed by atoms with E-state index in [1.807, 2.05) is 0 Å². The Morgan fingerprint density at radius 1 is 1.44 bits per heavy atom. The highest BCUT2D eigenvalue weighted by atomic mass is 35.5. The van der Waals surface area contributed by atoms with Crippen LogP contribution in [0.3, 0.4) is 0 Å². The summed E-state index contributed by atoms with van der Waals surface area (Å²) in [6, 6.07) is 6.49. The lowest BCUT2D eigenvalue weighted by atomic mass is 10.2. The van der Waals surface area contributed by atoms with E-state index in [0.717, 1.165) is 5.01 Å². The molecule has 0 aliphatic heterocycles. The zero-order chi connectivity index (χ0) is 12.3. The summed E-state index contributed by atoms with van der Waals surface area (Å²) in [7, 11) is 3.26. The van der Waals surface area contributed by atoms with E-state index < -0.39 is 0 Å². The van der Waals surface area contributed by atoms with Gasteiger partial charge in [0.2, 0.25) is 5.96 Å². The number of carbonyl (C=O) groups excluding carboxylic acids is 1. The number of nitrogens with two attached hydrogens (primary N) is 1. The minimum absolute atomic E-state index is 0.338. The van der Waals surface area contributed by atoms with Crippen LogP contribution in [0.25, 0.3) is 0 Å². The molecule has 0 fully saturated rings. The molecule has 0 heterocycles. The number of nitrogens with zero attached hydrogens (tertiary/aromatic N) is 2. The Kier molecular flexibility index (Phi) is 3.87. The maximum atomic E-state index is 12.0. The third-order valence-electron chi connectivity index (χ3n) is 1.89. The number of halogens is 1. The van der Waals surface area contributed by atoms with Gasteiger partial charge in [-0.3, -0.25) is 10.2 Å². The number of nitrogens with one attached hydrogen (secondary N) is 1. The highest BCUT2D eigenvalue weighted by Gasteiger charge is 2.20. The highest BCUT2D eigenvalue weighted by molar-refractivity contribution is 6.31. The van der Waals surface area contributed by atoms with Gasteiger partial charge in [0.25, 0.3) is 5.91 Å². The van der Waals surface area contributed by atoms with Crippen LogP contribution in [0.2, 0.25) is 5.02 Å². The summed E-state index contributed by atoms with van der Waals surface area (Å²) in [5, 5.41) is 10.3. The summed E-state index contributed by atoms with van der Waals surface area (Å²) in [5.74, 6) is -0.727. The van der Waals surface area contributed by atoms with E-state index in [2.05, 4.69) is 0 Å². The second-order valence-corrected chi connectivity index (χ2v) is 3.80. The number of amides is 1. The molecule has 0 unspecified atom stereocenters. The van der Waals surface area contributed by atoms with Crippen molar-refractivity contribution in [3.05, 3.63) is 34.9 Å². The lowest BCUT2D eigenvalue weighted by Gasteiger charge is -2.26. The van der Waals surface area contributed by atoms with Crippen LogP contribution in [0, 0.1) is 5.41 Å². The lowest BCUT2D eigenvalue weighted by Crippen LogP contribution is -2.49. The molecule has 6 heteroatoms. The molecule has 1 aromatic carbocycles. The second kappa shape index (κ2) is 4.96. The Bertz CT molecular complexity index is 419. The summed E-state index contributed by atoms with van der Waals surface area (Å²) in [6.07, 6.45) is 0. The molecule has 86 valence electrons. The molecule has 0 bridgehead atoms.